The smallest absolute Gasteiger partial charge is 0.205 e. The summed E-state index contributed by atoms with van der Waals surface area (Å²) in [6.07, 6.45) is 1.74. The third kappa shape index (κ3) is 3.28. The maximum absolute atomic E-state index is 8.78. The lowest BCUT2D eigenvalue weighted by Gasteiger charge is -2.13. The lowest BCUT2D eigenvalue weighted by Crippen LogP contribution is -2.19. The molecule has 0 amide bonds. The zero-order valence-electron chi connectivity index (χ0n) is 7.95. The van der Waals surface area contributed by atoms with E-state index in [1.807, 2.05) is 6.92 Å². The highest BCUT2D eigenvalue weighted by atomic mass is 32.1. The Morgan fingerprint density at radius 1 is 1.54 bits per heavy atom. The summed E-state index contributed by atoms with van der Waals surface area (Å²) in [5, 5.41) is 21.7. The van der Waals surface area contributed by atoms with Crippen molar-refractivity contribution in [3.8, 4) is 0 Å². The number of nitrogens with zero attached hydrogens (tertiary/aromatic N) is 2. The van der Waals surface area contributed by atoms with E-state index in [9.17, 15) is 0 Å². The molecule has 0 radical (unpaired) electrons. The van der Waals surface area contributed by atoms with E-state index < -0.39 is 0 Å². The molecule has 0 aliphatic carbocycles. The molecule has 0 fully saturated rings. The van der Waals surface area contributed by atoms with Gasteiger partial charge in [0.1, 0.15) is 5.01 Å². The summed E-state index contributed by atoms with van der Waals surface area (Å²) in [5.41, 5.74) is 0. The van der Waals surface area contributed by atoms with Gasteiger partial charge in [-0.2, -0.15) is 0 Å². The first kappa shape index (κ1) is 10.4. The molecule has 1 atom stereocenters. The predicted octanol–water partition coefficient (Wildman–Crippen LogP) is 1.42. The minimum Gasteiger partial charge on any atom is -0.396 e. The van der Waals surface area contributed by atoms with Crippen molar-refractivity contribution in [2.24, 2.45) is 0 Å². The van der Waals surface area contributed by atoms with Crippen LogP contribution >= 0.6 is 11.3 Å². The Bertz CT molecular complexity index is 251. The van der Waals surface area contributed by atoms with Crippen LogP contribution < -0.4 is 5.32 Å². The van der Waals surface area contributed by atoms with Crippen molar-refractivity contribution < 1.29 is 5.11 Å². The highest BCUT2D eigenvalue weighted by Gasteiger charge is 2.07. The van der Waals surface area contributed by atoms with E-state index in [1.165, 1.54) is 0 Å². The summed E-state index contributed by atoms with van der Waals surface area (Å²) in [4.78, 5) is 0. The molecule has 0 spiro atoms. The molecule has 0 aliphatic rings. The molecule has 1 aromatic heterocycles. The molecule has 0 bridgehead atoms. The number of rotatable bonds is 5. The number of aliphatic hydroxyl groups excluding tert-OH is 1. The van der Waals surface area contributed by atoms with Crippen LogP contribution in [0.5, 0.6) is 0 Å². The largest absolute Gasteiger partial charge is 0.396 e. The number of hydrogen-bond donors (Lipinski definition) is 2. The normalized spacial score (nSPS) is 12.8. The van der Waals surface area contributed by atoms with Crippen LogP contribution in [0, 0.1) is 6.92 Å². The molecule has 1 heterocycles. The van der Waals surface area contributed by atoms with Gasteiger partial charge in [0.2, 0.25) is 5.13 Å². The van der Waals surface area contributed by atoms with Gasteiger partial charge in [0.05, 0.1) is 0 Å². The zero-order valence-corrected chi connectivity index (χ0v) is 8.77. The quantitative estimate of drug-likeness (QED) is 0.756. The monoisotopic (exact) mass is 201 g/mol. The standard InChI is InChI=1S/C8H15N3OS/c1-3-7(4-5-12)9-8-11-10-6(2)13-8/h7,12H,3-5H2,1-2H3,(H,9,11). The van der Waals surface area contributed by atoms with Crippen LogP contribution in [-0.2, 0) is 0 Å². The fourth-order valence-corrected chi connectivity index (χ4v) is 1.73. The molecule has 1 unspecified atom stereocenters. The minimum atomic E-state index is 0.212. The van der Waals surface area contributed by atoms with Crippen LogP contribution in [0.3, 0.4) is 0 Å². The molecule has 13 heavy (non-hydrogen) atoms. The Morgan fingerprint density at radius 3 is 2.77 bits per heavy atom. The van der Waals surface area contributed by atoms with E-state index in [1.54, 1.807) is 11.3 Å². The van der Waals surface area contributed by atoms with E-state index in [4.69, 9.17) is 5.11 Å². The lowest BCUT2D eigenvalue weighted by molar-refractivity contribution is 0.278. The molecule has 0 saturated carbocycles. The molecular weight excluding hydrogens is 186 g/mol. The Labute approximate surface area is 82.0 Å². The van der Waals surface area contributed by atoms with Gasteiger partial charge in [-0.15, -0.1) is 10.2 Å². The maximum Gasteiger partial charge on any atom is 0.205 e. The van der Waals surface area contributed by atoms with Crippen molar-refractivity contribution in [3.63, 3.8) is 0 Å². The molecule has 2 N–H and O–H groups in total. The van der Waals surface area contributed by atoms with Gasteiger partial charge in [0.25, 0.3) is 0 Å². The van der Waals surface area contributed by atoms with E-state index in [-0.39, 0.29) is 6.61 Å². The van der Waals surface area contributed by atoms with Crippen LogP contribution in [0.15, 0.2) is 0 Å². The maximum atomic E-state index is 8.78. The van der Waals surface area contributed by atoms with Crippen molar-refractivity contribution in [1.29, 1.82) is 0 Å². The first-order valence-electron chi connectivity index (χ1n) is 4.43. The zero-order chi connectivity index (χ0) is 9.68. The summed E-state index contributed by atoms with van der Waals surface area (Å²) in [5.74, 6) is 0. The number of aryl methyl sites for hydroxylation is 1. The molecule has 74 valence electrons. The van der Waals surface area contributed by atoms with Crippen LogP contribution in [0.2, 0.25) is 0 Å². The molecule has 1 rings (SSSR count). The van der Waals surface area contributed by atoms with E-state index >= 15 is 0 Å². The second kappa shape index (κ2) is 5.14. The second-order valence-electron chi connectivity index (χ2n) is 2.89. The van der Waals surface area contributed by atoms with E-state index in [0.29, 0.717) is 6.04 Å². The average molecular weight is 201 g/mol. The Kier molecular flexibility index (Phi) is 4.11. The van der Waals surface area contributed by atoms with Gasteiger partial charge in [-0.25, -0.2) is 0 Å². The summed E-state index contributed by atoms with van der Waals surface area (Å²) >= 11 is 1.54. The molecular formula is C8H15N3OS. The highest BCUT2D eigenvalue weighted by molar-refractivity contribution is 7.15. The van der Waals surface area contributed by atoms with Gasteiger partial charge in [-0.05, 0) is 19.8 Å². The lowest BCUT2D eigenvalue weighted by atomic mass is 10.2. The molecule has 0 aliphatic heterocycles. The fraction of sp³-hybridized carbons (Fsp3) is 0.750. The number of hydrogen-bond acceptors (Lipinski definition) is 5. The average Bonchev–Trinajstić information content (AvgIpc) is 2.50. The first-order chi connectivity index (χ1) is 6.26. The molecule has 5 heteroatoms. The summed E-state index contributed by atoms with van der Waals surface area (Å²) in [6, 6.07) is 0.303. The van der Waals surface area contributed by atoms with Gasteiger partial charge in [-0.1, -0.05) is 18.3 Å². The van der Waals surface area contributed by atoms with Crippen molar-refractivity contribution >= 4 is 16.5 Å². The second-order valence-corrected chi connectivity index (χ2v) is 4.07. The van der Waals surface area contributed by atoms with Gasteiger partial charge in [0, 0.05) is 12.6 Å². The highest BCUT2D eigenvalue weighted by Crippen LogP contribution is 2.16. The number of aromatic nitrogens is 2. The molecule has 1 aromatic rings. The third-order valence-corrected chi connectivity index (χ3v) is 2.59. The molecule has 4 nitrogen and oxygen atoms in total. The Morgan fingerprint density at radius 2 is 2.31 bits per heavy atom. The van der Waals surface area contributed by atoms with Gasteiger partial charge in [-0.3, -0.25) is 0 Å². The van der Waals surface area contributed by atoms with Crippen LogP contribution in [-0.4, -0.2) is 28.0 Å². The van der Waals surface area contributed by atoms with Crippen LogP contribution in [0.1, 0.15) is 24.8 Å². The molecule has 0 aromatic carbocycles. The van der Waals surface area contributed by atoms with Gasteiger partial charge < -0.3 is 10.4 Å². The Hall–Kier alpha value is -0.680. The van der Waals surface area contributed by atoms with Crippen molar-refractivity contribution in [1.82, 2.24) is 10.2 Å². The SMILES string of the molecule is CCC(CCO)Nc1nnc(C)s1. The summed E-state index contributed by atoms with van der Waals surface area (Å²) in [6.45, 7) is 4.22. The molecule has 0 saturated heterocycles. The van der Waals surface area contributed by atoms with Crippen molar-refractivity contribution in [2.45, 2.75) is 32.7 Å². The minimum absolute atomic E-state index is 0.212. The summed E-state index contributed by atoms with van der Waals surface area (Å²) < 4.78 is 0. The first-order valence-corrected chi connectivity index (χ1v) is 5.25. The number of anilines is 1. The summed E-state index contributed by atoms with van der Waals surface area (Å²) in [7, 11) is 0. The Balaban J connectivity index is 2.46. The fourth-order valence-electron chi connectivity index (χ4n) is 1.06. The van der Waals surface area contributed by atoms with Crippen molar-refractivity contribution in [2.75, 3.05) is 11.9 Å². The number of aliphatic hydroxyl groups is 1. The topological polar surface area (TPSA) is 58.0 Å². The van der Waals surface area contributed by atoms with E-state index in [2.05, 4.69) is 22.4 Å². The number of nitrogens with one attached hydrogen (secondary N) is 1. The van der Waals surface area contributed by atoms with Gasteiger partial charge >= 0.3 is 0 Å². The van der Waals surface area contributed by atoms with Crippen LogP contribution in [0.4, 0.5) is 5.13 Å². The van der Waals surface area contributed by atoms with Crippen molar-refractivity contribution in [3.05, 3.63) is 5.01 Å². The van der Waals surface area contributed by atoms with Gasteiger partial charge in [0.15, 0.2) is 0 Å². The third-order valence-electron chi connectivity index (χ3n) is 1.82. The van der Waals surface area contributed by atoms with E-state index in [0.717, 1.165) is 23.0 Å². The van der Waals surface area contributed by atoms with Crippen LogP contribution in [0.25, 0.3) is 0 Å². The predicted molar refractivity (Wildman–Crippen MR) is 54.1 cm³/mol.